The lowest BCUT2D eigenvalue weighted by atomic mass is 9.90. The zero-order chi connectivity index (χ0) is 20.2. The number of likely N-dealkylation sites (tertiary alicyclic amines) is 1. The van der Waals surface area contributed by atoms with Crippen LogP contribution < -0.4 is 16.6 Å². The summed E-state index contributed by atoms with van der Waals surface area (Å²) >= 11 is 0. The van der Waals surface area contributed by atoms with Gasteiger partial charge in [-0.05, 0) is 41.3 Å². The van der Waals surface area contributed by atoms with Gasteiger partial charge in [-0.3, -0.25) is 9.48 Å². The zero-order valence-electron chi connectivity index (χ0n) is 17.5. The quantitative estimate of drug-likeness (QED) is 0.556. The Balaban J connectivity index is 0.00000256. The van der Waals surface area contributed by atoms with Gasteiger partial charge in [0.1, 0.15) is 5.75 Å². The Morgan fingerprint density at radius 1 is 1.17 bits per heavy atom. The number of hydrogen-bond donors (Lipinski definition) is 2. The van der Waals surface area contributed by atoms with Crippen molar-refractivity contribution in [3.8, 4) is 5.75 Å². The van der Waals surface area contributed by atoms with Crippen molar-refractivity contribution in [2.24, 2.45) is 18.7 Å². The molecule has 0 spiro atoms. The molecule has 2 aromatic carbocycles. The molecule has 7 heteroatoms. The summed E-state index contributed by atoms with van der Waals surface area (Å²) in [7, 11) is 1.96. The first-order chi connectivity index (χ1) is 14.1. The number of fused-ring (bicyclic) bond motifs is 1. The van der Waals surface area contributed by atoms with Crippen molar-refractivity contribution in [3.05, 3.63) is 60.4 Å². The Kier molecular flexibility index (Phi) is 7.07. The second-order valence-electron chi connectivity index (χ2n) is 7.89. The lowest BCUT2D eigenvalue weighted by Gasteiger charge is -2.17. The van der Waals surface area contributed by atoms with Crippen LogP contribution in [0.25, 0.3) is 10.8 Å². The minimum atomic E-state index is -0.233. The summed E-state index contributed by atoms with van der Waals surface area (Å²) in [4.78, 5) is 13.9. The maximum atomic E-state index is 11.5. The van der Waals surface area contributed by atoms with Gasteiger partial charge in [-0.1, -0.05) is 30.3 Å². The number of amides is 1. The molecule has 0 bridgehead atoms. The molecule has 1 saturated heterocycles. The average Bonchev–Trinajstić information content (AvgIpc) is 3.30. The second kappa shape index (κ2) is 9.73. The molecule has 2 atom stereocenters. The first-order valence-corrected chi connectivity index (χ1v) is 10.2. The molecule has 4 rings (SSSR count). The Labute approximate surface area is 177 Å². The molecule has 1 fully saturated rings. The third-order valence-corrected chi connectivity index (χ3v) is 5.83. The Morgan fingerprint density at radius 3 is 2.70 bits per heavy atom. The van der Waals surface area contributed by atoms with Gasteiger partial charge in [-0.2, -0.15) is 5.10 Å². The maximum Gasteiger partial charge on any atom is 0.217 e. The highest BCUT2D eigenvalue weighted by Crippen LogP contribution is 2.34. The van der Waals surface area contributed by atoms with Crippen LogP contribution >= 0.6 is 0 Å². The van der Waals surface area contributed by atoms with E-state index in [2.05, 4.69) is 34.3 Å². The summed E-state index contributed by atoms with van der Waals surface area (Å²) in [5.74, 6) is 1.20. The number of aryl methyl sites for hydroxylation is 1. The fraction of sp³-hybridized carbons (Fsp3) is 0.391. The number of ether oxygens (including phenoxy) is 1. The molecule has 160 valence electrons. The largest absolute Gasteiger partial charge is 0.494 e. The van der Waals surface area contributed by atoms with Crippen LogP contribution in [-0.2, 0) is 11.8 Å². The average molecular weight is 410 g/mol. The summed E-state index contributed by atoms with van der Waals surface area (Å²) in [6, 6.07) is 16.6. The molecule has 3 aromatic rings. The molecule has 1 amide bonds. The van der Waals surface area contributed by atoms with Crippen LogP contribution in [-0.4, -0.2) is 46.8 Å². The van der Waals surface area contributed by atoms with Crippen molar-refractivity contribution in [1.82, 2.24) is 20.8 Å². The first kappa shape index (κ1) is 21.8. The molecule has 30 heavy (non-hydrogen) atoms. The zero-order valence-corrected chi connectivity index (χ0v) is 17.5. The van der Waals surface area contributed by atoms with E-state index in [0.717, 1.165) is 31.8 Å². The van der Waals surface area contributed by atoms with Gasteiger partial charge in [-0.15, -0.1) is 0 Å². The first-order valence-electron chi connectivity index (χ1n) is 10.2. The number of aromatic nitrogens is 2. The fourth-order valence-electron chi connectivity index (χ4n) is 4.43. The number of nitrogens with two attached hydrogens (primary N) is 1. The van der Waals surface area contributed by atoms with E-state index in [1.54, 1.807) is 0 Å². The molecule has 0 unspecified atom stereocenters. The Hall–Kier alpha value is -2.90. The second-order valence-corrected chi connectivity index (χ2v) is 7.89. The van der Waals surface area contributed by atoms with E-state index < -0.39 is 0 Å². The van der Waals surface area contributed by atoms with E-state index in [0.29, 0.717) is 13.0 Å². The number of hydrogen-bond acceptors (Lipinski definition) is 5. The molecule has 1 aromatic heterocycles. The van der Waals surface area contributed by atoms with Gasteiger partial charge in [0.05, 0.1) is 6.61 Å². The van der Waals surface area contributed by atoms with Crippen molar-refractivity contribution in [2.45, 2.75) is 18.8 Å². The van der Waals surface area contributed by atoms with Crippen LogP contribution in [0.3, 0.4) is 0 Å². The third-order valence-electron chi connectivity index (χ3n) is 5.83. The van der Waals surface area contributed by atoms with Crippen LogP contribution in [0.5, 0.6) is 5.75 Å². The van der Waals surface area contributed by atoms with Crippen LogP contribution in [0.4, 0.5) is 0 Å². The van der Waals surface area contributed by atoms with Crippen molar-refractivity contribution < 1.29 is 9.53 Å². The van der Waals surface area contributed by atoms with Crippen LogP contribution in [0, 0.1) is 5.92 Å². The number of benzene rings is 2. The Morgan fingerprint density at radius 2 is 1.97 bits per heavy atom. The number of nitrogens with zero attached hydrogens (tertiary/aromatic N) is 3. The topological polar surface area (TPSA) is 108 Å². The molecule has 2 heterocycles. The van der Waals surface area contributed by atoms with E-state index in [4.69, 9.17) is 10.5 Å². The minimum absolute atomic E-state index is 0. The standard InChI is InChI=1S/C23H28N4O2.H3N/c1-26-22(9-10-25-26)21-16-27(15-19(21)14-23(24)28)11-4-12-29-20-8-7-17-5-2-3-6-18(17)13-20;/h2-3,5-10,13,19,21H,4,11-12,14-16H2,1H3,(H2,24,28);1H3/t19-,21+;/m1./s1. The molecule has 0 radical (unpaired) electrons. The van der Waals surface area contributed by atoms with Crippen molar-refractivity contribution in [2.75, 3.05) is 26.2 Å². The van der Waals surface area contributed by atoms with Gasteiger partial charge in [0.2, 0.25) is 5.91 Å². The number of primary amides is 1. The predicted molar refractivity (Wildman–Crippen MR) is 119 cm³/mol. The summed E-state index contributed by atoms with van der Waals surface area (Å²) in [5.41, 5.74) is 6.67. The van der Waals surface area contributed by atoms with Crippen LogP contribution in [0.1, 0.15) is 24.5 Å². The number of rotatable bonds is 8. The lowest BCUT2D eigenvalue weighted by Crippen LogP contribution is -2.24. The van der Waals surface area contributed by atoms with Crippen molar-refractivity contribution in [3.63, 3.8) is 0 Å². The molecule has 0 saturated carbocycles. The molecule has 0 aliphatic carbocycles. The van der Waals surface area contributed by atoms with Gasteiger partial charge >= 0.3 is 0 Å². The summed E-state index contributed by atoms with van der Waals surface area (Å²) in [5, 5.41) is 6.71. The summed E-state index contributed by atoms with van der Waals surface area (Å²) in [6.07, 6.45) is 3.17. The SMILES string of the molecule is Cn1nccc1[C@H]1CN(CCCOc2ccc3ccccc3c2)C[C@H]1CC(N)=O.N. The third kappa shape index (κ3) is 4.98. The van der Waals surface area contributed by atoms with E-state index in [9.17, 15) is 4.79 Å². The van der Waals surface area contributed by atoms with E-state index >= 15 is 0 Å². The van der Waals surface area contributed by atoms with E-state index in [1.807, 2.05) is 42.2 Å². The number of carbonyl (C=O) groups excluding carboxylic acids is 1. The monoisotopic (exact) mass is 409 g/mol. The molecule has 1 aliphatic rings. The van der Waals surface area contributed by atoms with Crippen LogP contribution in [0.2, 0.25) is 0 Å². The van der Waals surface area contributed by atoms with E-state index in [1.165, 1.54) is 16.5 Å². The van der Waals surface area contributed by atoms with Gasteiger partial charge < -0.3 is 21.5 Å². The summed E-state index contributed by atoms with van der Waals surface area (Å²) in [6.45, 7) is 3.42. The van der Waals surface area contributed by atoms with Gasteiger partial charge in [0.25, 0.3) is 0 Å². The van der Waals surface area contributed by atoms with Crippen molar-refractivity contribution in [1.29, 1.82) is 0 Å². The minimum Gasteiger partial charge on any atom is -0.494 e. The molecular weight excluding hydrogens is 378 g/mol. The van der Waals surface area contributed by atoms with Crippen molar-refractivity contribution >= 4 is 16.7 Å². The smallest absolute Gasteiger partial charge is 0.217 e. The lowest BCUT2D eigenvalue weighted by molar-refractivity contribution is -0.118. The molecule has 5 N–H and O–H groups in total. The molecular formula is C23H31N5O2. The van der Waals surface area contributed by atoms with E-state index in [-0.39, 0.29) is 23.9 Å². The fourth-order valence-corrected chi connectivity index (χ4v) is 4.43. The summed E-state index contributed by atoms with van der Waals surface area (Å²) < 4.78 is 7.88. The highest BCUT2D eigenvalue weighted by Gasteiger charge is 2.35. The predicted octanol–water partition coefficient (Wildman–Crippen LogP) is 3.10. The number of carbonyl (C=O) groups is 1. The van der Waals surface area contributed by atoms with Gasteiger partial charge in [0, 0.05) is 50.9 Å². The van der Waals surface area contributed by atoms with Gasteiger partial charge in [0.15, 0.2) is 0 Å². The Bertz CT molecular complexity index is 986. The normalized spacial score (nSPS) is 19.0. The maximum absolute atomic E-state index is 11.5. The highest BCUT2D eigenvalue weighted by molar-refractivity contribution is 5.83. The van der Waals surface area contributed by atoms with Crippen LogP contribution in [0.15, 0.2) is 54.7 Å². The van der Waals surface area contributed by atoms with Gasteiger partial charge in [-0.25, -0.2) is 0 Å². The highest BCUT2D eigenvalue weighted by atomic mass is 16.5. The molecule has 7 nitrogen and oxygen atoms in total. The molecule has 1 aliphatic heterocycles.